The Kier molecular flexibility index (Phi) is 7.68. The fourth-order valence-electron chi connectivity index (χ4n) is 3.79. The number of piperidine rings is 1. The van der Waals surface area contributed by atoms with E-state index in [1.807, 2.05) is 41.6 Å². The molecule has 29 heavy (non-hydrogen) atoms. The Balaban J connectivity index is 0.00000150. The van der Waals surface area contributed by atoms with E-state index < -0.39 is 0 Å². The van der Waals surface area contributed by atoms with Gasteiger partial charge in [-0.2, -0.15) is 5.10 Å². The molecule has 1 unspecified atom stereocenters. The normalized spacial score (nSPS) is 16.6. The second-order valence-corrected chi connectivity index (χ2v) is 7.34. The molecule has 0 radical (unpaired) electrons. The van der Waals surface area contributed by atoms with Gasteiger partial charge >= 0.3 is 0 Å². The lowest BCUT2D eigenvalue weighted by molar-refractivity contribution is 0.0625. The number of amides is 1. The number of aromatic nitrogens is 3. The Bertz CT molecular complexity index is 955. The fourth-order valence-corrected chi connectivity index (χ4v) is 3.79. The van der Waals surface area contributed by atoms with E-state index in [4.69, 9.17) is 15.1 Å². The van der Waals surface area contributed by atoms with E-state index in [0.717, 1.165) is 31.2 Å². The lowest BCUT2D eigenvalue weighted by atomic mass is 10.00. The van der Waals surface area contributed by atoms with E-state index >= 15 is 0 Å². The summed E-state index contributed by atoms with van der Waals surface area (Å²) >= 11 is 0. The summed E-state index contributed by atoms with van der Waals surface area (Å²) in [6, 6.07) is 5.70. The number of hydrogen-bond acceptors (Lipinski definition) is 5. The highest BCUT2D eigenvalue weighted by Crippen LogP contribution is 2.29. The third kappa shape index (κ3) is 4.27. The molecular formula is C20H27Cl2N5O2. The maximum absolute atomic E-state index is 13.5. The number of halogens is 2. The molecule has 1 aliphatic rings. The number of rotatable bonds is 4. The van der Waals surface area contributed by atoms with Gasteiger partial charge in [-0.3, -0.25) is 4.79 Å². The van der Waals surface area contributed by atoms with Gasteiger partial charge in [0, 0.05) is 25.2 Å². The minimum absolute atomic E-state index is 0. The average molecular weight is 440 g/mol. The van der Waals surface area contributed by atoms with Crippen LogP contribution in [0.15, 0.2) is 35.1 Å². The van der Waals surface area contributed by atoms with Crippen molar-refractivity contribution in [2.45, 2.75) is 45.2 Å². The average Bonchev–Trinajstić information content (AvgIpc) is 3.36. The highest BCUT2D eigenvalue weighted by atomic mass is 35.5. The van der Waals surface area contributed by atoms with Crippen molar-refractivity contribution < 1.29 is 9.21 Å². The summed E-state index contributed by atoms with van der Waals surface area (Å²) in [5.41, 5.74) is 7.88. The van der Waals surface area contributed by atoms with Gasteiger partial charge in [-0.15, -0.1) is 24.8 Å². The molecule has 7 nitrogen and oxygen atoms in total. The van der Waals surface area contributed by atoms with Crippen LogP contribution in [-0.4, -0.2) is 44.7 Å². The highest BCUT2D eigenvalue weighted by molar-refractivity contribution is 6.06. The Morgan fingerprint density at radius 2 is 2.14 bits per heavy atom. The minimum atomic E-state index is -0.00587. The van der Waals surface area contributed by atoms with E-state index in [9.17, 15) is 4.79 Å². The molecule has 2 N–H and O–H groups in total. The Labute approximate surface area is 182 Å². The lowest BCUT2D eigenvalue weighted by Gasteiger charge is -2.35. The summed E-state index contributed by atoms with van der Waals surface area (Å²) < 4.78 is 7.37. The molecule has 0 saturated carbocycles. The van der Waals surface area contributed by atoms with Crippen LogP contribution in [0.25, 0.3) is 22.5 Å². The van der Waals surface area contributed by atoms with Crippen LogP contribution in [-0.2, 0) is 0 Å². The Morgan fingerprint density at radius 3 is 2.79 bits per heavy atom. The molecule has 9 heteroatoms. The first kappa shape index (κ1) is 23.2. The zero-order chi connectivity index (χ0) is 19.0. The molecule has 0 aliphatic carbocycles. The zero-order valence-corrected chi connectivity index (χ0v) is 18.2. The summed E-state index contributed by atoms with van der Waals surface area (Å²) in [7, 11) is 0. The molecule has 1 aliphatic heterocycles. The molecule has 4 heterocycles. The molecule has 0 aromatic carbocycles. The van der Waals surface area contributed by atoms with Gasteiger partial charge in [0.05, 0.1) is 23.4 Å². The zero-order valence-electron chi connectivity index (χ0n) is 16.6. The van der Waals surface area contributed by atoms with Crippen molar-refractivity contribution in [1.82, 2.24) is 19.7 Å². The maximum atomic E-state index is 13.5. The molecule has 3 aromatic heterocycles. The highest BCUT2D eigenvalue weighted by Gasteiger charge is 2.29. The topological polar surface area (TPSA) is 90.2 Å². The first-order valence-electron chi connectivity index (χ1n) is 9.53. The van der Waals surface area contributed by atoms with Crippen LogP contribution in [0.3, 0.4) is 0 Å². The van der Waals surface area contributed by atoms with E-state index in [-0.39, 0.29) is 42.8 Å². The number of furan rings is 1. The third-order valence-corrected chi connectivity index (χ3v) is 5.22. The summed E-state index contributed by atoms with van der Waals surface area (Å²) in [6.07, 6.45) is 6.42. The van der Waals surface area contributed by atoms with Crippen LogP contribution >= 0.6 is 24.8 Å². The number of fused-ring (bicyclic) bond motifs is 1. The summed E-state index contributed by atoms with van der Waals surface area (Å²) in [4.78, 5) is 20.1. The second kappa shape index (κ2) is 9.61. The van der Waals surface area contributed by atoms with Crippen LogP contribution in [0.4, 0.5) is 0 Å². The van der Waals surface area contributed by atoms with Crippen molar-refractivity contribution in [3.63, 3.8) is 0 Å². The molecule has 1 amide bonds. The number of carbonyl (C=O) groups is 1. The SMILES string of the molecule is CC(C)n1ncc2c(C(=O)N3CCCCC3CN)cc(-c3ccco3)nc21.Cl.Cl. The summed E-state index contributed by atoms with van der Waals surface area (Å²) in [6.45, 7) is 5.31. The van der Waals surface area contributed by atoms with Crippen LogP contribution < -0.4 is 5.73 Å². The van der Waals surface area contributed by atoms with E-state index in [1.165, 1.54) is 0 Å². The minimum Gasteiger partial charge on any atom is -0.463 e. The van der Waals surface area contributed by atoms with Gasteiger partial charge in [-0.05, 0) is 51.3 Å². The van der Waals surface area contributed by atoms with E-state index in [2.05, 4.69) is 5.10 Å². The molecule has 1 saturated heterocycles. The van der Waals surface area contributed by atoms with Crippen molar-refractivity contribution in [3.8, 4) is 11.5 Å². The molecule has 158 valence electrons. The molecule has 1 fully saturated rings. The number of nitrogens with two attached hydrogens (primary N) is 1. The smallest absolute Gasteiger partial charge is 0.255 e. The van der Waals surface area contributed by atoms with Crippen molar-refractivity contribution in [2.75, 3.05) is 13.1 Å². The number of carbonyl (C=O) groups excluding carboxylic acids is 1. The Hall–Kier alpha value is -2.09. The van der Waals surface area contributed by atoms with Gasteiger partial charge in [-0.25, -0.2) is 9.67 Å². The first-order valence-corrected chi connectivity index (χ1v) is 9.53. The molecular weight excluding hydrogens is 413 g/mol. The lowest BCUT2D eigenvalue weighted by Crippen LogP contribution is -2.47. The van der Waals surface area contributed by atoms with Crippen LogP contribution in [0, 0.1) is 0 Å². The van der Waals surface area contributed by atoms with Gasteiger partial charge in [0.2, 0.25) is 0 Å². The van der Waals surface area contributed by atoms with Crippen molar-refractivity contribution in [2.24, 2.45) is 5.73 Å². The molecule has 0 bridgehead atoms. The number of nitrogens with zero attached hydrogens (tertiary/aromatic N) is 4. The van der Waals surface area contributed by atoms with Gasteiger partial charge in [-0.1, -0.05) is 0 Å². The second-order valence-electron chi connectivity index (χ2n) is 7.34. The molecule has 0 spiro atoms. The van der Waals surface area contributed by atoms with Gasteiger partial charge in [0.15, 0.2) is 11.4 Å². The quantitative estimate of drug-likeness (QED) is 0.661. The van der Waals surface area contributed by atoms with E-state index in [0.29, 0.717) is 29.2 Å². The standard InChI is InChI=1S/C20H25N5O2.2ClH/c1-13(2)25-19-16(12-22-25)15(10-17(23-19)18-7-5-9-27-18)20(26)24-8-4-3-6-14(24)11-21;;/h5,7,9-10,12-14H,3-4,6,8,11,21H2,1-2H3;2*1H. The number of likely N-dealkylation sites (tertiary alicyclic amines) is 1. The van der Waals surface area contributed by atoms with Crippen LogP contribution in [0.2, 0.25) is 0 Å². The van der Waals surface area contributed by atoms with E-state index in [1.54, 1.807) is 12.5 Å². The van der Waals surface area contributed by atoms with Crippen LogP contribution in [0.5, 0.6) is 0 Å². The van der Waals surface area contributed by atoms with Crippen molar-refractivity contribution in [1.29, 1.82) is 0 Å². The third-order valence-electron chi connectivity index (χ3n) is 5.22. The number of hydrogen-bond donors (Lipinski definition) is 1. The predicted octanol–water partition coefficient (Wildman–Crippen LogP) is 4.07. The monoisotopic (exact) mass is 439 g/mol. The molecule has 4 rings (SSSR count). The fraction of sp³-hybridized carbons (Fsp3) is 0.450. The van der Waals surface area contributed by atoms with Gasteiger partial charge < -0.3 is 15.1 Å². The summed E-state index contributed by atoms with van der Waals surface area (Å²) in [5, 5.41) is 5.24. The largest absolute Gasteiger partial charge is 0.463 e. The predicted molar refractivity (Wildman–Crippen MR) is 118 cm³/mol. The maximum Gasteiger partial charge on any atom is 0.255 e. The van der Waals surface area contributed by atoms with Gasteiger partial charge in [0.1, 0.15) is 5.69 Å². The van der Waals surface area contributed by atoms with Crippen LogP contribution in [0.1, 0.15) is 49.5 Å². The van der Waals surface area contributed by atoms with Crippen molar-refractivity contribution in [3.05, 3.63) is 36.2 Å². The number of pyridine rings is 1. The molecule has 1 atom stereocenters. The van der Waals surface area contributed by atoms with Gasteiger partial charge in [0.25, 0.3) is 5.91 Å². The Morgan fingerprint density at radius 1 is 1.34 bits per heavy atom. The summed E-state index contributed by atoms with van der Waals surface area (Å²) in [5.74, 6) is 0.630. The van der Waals surface area contributed by atoms with Crippen molar-refractivity contribution >= 4 is 41.8 Å². The molecule has 3 aromatic rings. The first-order chi connectivity index (χ1) is 13.1.